The van der Waals surface area contributed by atoms with Gasteiger partial charge in [0.15, 0.2) is 0 Å². The second-order valence-electron chi connectivity index (χ2n) is 8.05. The van der Waals surface area contributed by atoms with Crippen LogP contribution >= 0.6 is 24.0 Å². The third-order valence-corrected chi connectivity index (χ3v) is 6.28. The van der Waals surface area contributed by atoms with Gasteiger partial charge < -0.3 is 19.5 Å². The summed E-state index contributed by atoms with van der Waals surface area (Å²) in [6, 6.07) is 8.88. The van der Waals surface area contributed by atoms with Crippen molar-refractivity contribution in [3.05, 3.63) is 35.9 Å². The van der Waals surface area contributed by atoms with Gasteiger partial charge in [-0.3, -0.25) is 0 Å². The monoisotopic (exact) mass is 445 g/mol. The smallest absolute Gasteiger partial charge is 0.135 e. The molecule has 1 aromatic carbocycles. The molecular formula is C19H28INO3. The second kappa shape index (κ2) is 6.92. The lowest BCUT2D eigenvalue weighted by molar-refractivity contribution is -0.879. The molecule has 1 aliphatic carbocycles. The number of carboxylic acids is 1. The molecule has 134 valence electrons. The van der Waals surface area contributed by atoms with Crippen LogP contribution in [0.5, 0.6) is 0 Å². The summed E-state index contributed by atoms with van der Waals surface area (Å²) in [4.78, 5) is 12.2. The molecule has 5 heteroatoms. The predicted molar refractivity (Wildman–Crippen MR) is 102 cm³/mol. The lowest BCUT2D eigenvalue weighted by atomic mass is 9.59. The topological polar surface area (TPSA) is 60.4 Å². The number of hydrogen-bond donors (Lipinski definition) is 1. The third-order valence-electron chi connectivity index (χ3n) is 6.28. The van der Waals surface area contributed by atoms with Crippen LogP contribution in [-0.2, 0) is 10.4 Å². The fourth-order valence-corrected chi connectivity index (χ4v) is 5.09. The van der Waals surface area contributed by atoms with E-state index < -0.39 is 17.0 Å². The highest BCUT2D eigenvalue weighted by Gasteiger charge is 2.60. The van der Waals surface area contributed by atoms with E-state index in [2.05, 4.69) is 14.1 Å². The molecule has 1 heterocycles. The van der Waals surface area contributed by atoms with Gasteiger partial charge in [-0.2, -0.15) is 0 Å². The highest BCUT2D eigenvalue weighted by molar-refractivity contribution is 14.0. The normalized spacial score (nSPS) is 27.2. The number of rotatable bonds is 4. The van der Waals surface area contributed by atoms with E-state index in [0.29, 0.717) is 5.56 Å². The van der Waals surface area contributed by atoms with Gasteiger partial charge in [-0.25, -0.2) is 0 Å². The first-order valence-electron chi connectivity index (χ1n) is 8.63. The van der Waals surface area contributed by atoms with E-state index in [-0.39, 0.29) is 29.9 Å². The van der Waals surface area contributed by atoms with Gasteiger partial charge in [0.25, 0.3) is 0 Å². The number of likely N-dealkylation sites (tertiary alicyclic amines) is 1. The first kappa shape index (κ1) is 19.7. The van der Waals surface area contributed by atoms with Gasteiger partial charge in [0.1, 0.15) is 5.60 Å². The number of carboxylic acid groups (broad SMARTS) is 1. The summed E-state index contributed by atoms with van der Waals surface area (Å²) in [6.07, 6.45) is 4.45. The van der Waals surface area contributed by atoms with E-state index in [4.69, 9.17) is 0 Å². The second-order valence-corrected chi connectivity index (χ2v) is 8.05. The van der Waals surface area contributed by atoms with E-state index >= 15 is 0 Å². The van der Waals surface area contributed by atoms with Gasteiger partial charge in [0.2, 0.25) is 0 Å². The minimum absolute atomic E-state index is 0. The molecule has 1 aromatic rings. The molecule has 1 aliphatic heterocycles. The van der Waals surface area contributed by atoms with Crippen molar-refractivity contribution in [1.29, 1.82) is 0 Å². The van der Waals surface area contributed by atoms with Crippen molar-refractivity contribution < 1.29 is 19.5 Å². The number of benzene rings is 1. The molecule has 0 aromatic heterocycles. The Labute approximate surface area is 161 Å². The molecule has 0 spiro atoms. The summed E-state index contributed by atoms with van der Waals surface area (Å²) in [5.74, 6) is -1.13. The molecule has 2 aliphatic rings. The standard InChI is InChI=1S/C19H27NO3.HI/c1-20(2)13-10-16(14-20)18(11-6-7-12-18)19(23,17(21)22)15-8-4-3-5-9-15;/h3-5,8-9,16,23H,6-7,10-14H2,1-2H3;1H/t16-,19+;/m0./s1. The Hall–Kier alpha value is -0.660. The van der Waals surface area contributed by atoms with Gasteiger partial charge in [0, 0.05) is 17.8 Å². The van der Waals surface area contributed by atoms with Crippen LogP contribution in [0.15, 0.2) is 30.3 Å². The number of aliphatic carboxylic acids is 1. The zero-order valence-corrected chi connectivity index (χ0v) is 16.9. The zero-order valence-electron chi connectivity index (χ0n) is 14.5. The molecule has 0 radical (unpaired) electrons. The predicted octanol–water partition coefficient (Wildman–Crippen LogP) is 1.90. The lowest BCUT2D eigenvalue weighted by Gasteiger charge is -2.49. The van der Waals surface area contributed by atoms with Gasteiger partial charge in [0.05, 0.1) is 33.2 Å². The number of quaternary nitrogens is 1. The van der Waals surface area contributed by atoms with E-state index in [1.54, 1.807) is 24.3 Å². The number of carbonyl (C=O) groups is 1. The Bertz CT molecular complexity index is 584. The maximum absolute atomic E-state index is 12.2. The fourth-order valence-electron chi connectivity index (χ4n) is 5.09. The van der Waals surface area contributed by atoms with Gasteiger partial charge >= 0.3 is 0 Å². The Morgan fingerprint density at radius 3 is 2.29 bits per heavy atom. The van der Waals surface area contributed by atoms with Gasteiger partial charge in [-0.05, 0) is 18.4 Å². The van der Waals surface area contributed by atoms with E-state index in [0.717, 1.165) is 49.7 Å². The Morgan fingerprint density at radius 2 is 1.83 bits per heavy atom. The highest BCUT2D eigenvalue weighted by atomic mass is 127. The summed E-state index contributed by atoms with van der Waals surface area (Å²) >= 11 is 0. The molecule has 0 amide bonds. The van der Waals surface area contributed by atoms with Crippen molar-refractivity contribution in [1.82, 2.24) is 0 Å². The van der Waals surface area contributed by atoms with Crippen LogP contribution < -0.4 is 5.11 Å². The van der Waals surface area contributed by atoms with Crippen LogP contribution in [0.25, 0.3) is 0 Å². The number of aliphatic hydroxyl groups is 1. The summed E-state index contributed by atoms with van der Waals surface area (Å²) in [5, 5.41) is 23.6. The van der Waals surface area contributed by atoms with Gasteiger partial charge in [-0.15, -0.1) is 24.0 Å². The summed E-state index contributed by atoms with van der Waals surface area (Å²) < 4.78 is 0.893. The van der Waals surface area contributed by atoms with Crippen molar-refractivity contribution in [3.63, 3.8) is 0 Å². The van der Waals surface area contributed by atoms with Crippen LogP contribution in [0.4, 0.5) is 0 Å². The quantitative estimate of drug-likeness (QED) is 0.569. The van der Waals surface area contributed by atoms with E-state index in [9.17, 15) is 15.0 Å². The Morgan fingerprint density at radius 1 is 1.25 bits per heavy atom. The highest BCUT2D eigenvalue weighted by Crippen LogP contribution is 2.58. The van der Waals surface area contributed by atoms with Crippen LogP contribution in [-0.4, -0.2) is 42.7 Å². The molecule has 0 bridgehead atoms. The van der Waals surface area contributed by atoms with Crippen LogP contribution in [0.2, 0.25) is 0 Å². The minimum Gasteiger partial charge on any atom is -0.547 e. The van der Waals surface area contributed by atoms with Crippen LogP contribution in [0.3, 0.4) is 0 Å². The van der Waals surface area contributed by atoms with Crippen LogP contribution in [0.1, 0.15) is 37.7 Å². The van der Waals surface area contributed by atoms with E-state index in [1.165, 1.54) is 0 Å². The van der Waals surface area contributed by atoms with Crippen molar-refractivity contribution >= 4 is 29.9 Å². The third kappa shape index (κ3) is 2.99. The first-order chi connectivity index (χ1) is 10.8. The molecule has 4 nitrogen and oxygen atoms in total. The maximum Gasteiger partial charge on any atom is 0.135 e. The fraction of sp³-hybridized carbons (Fsp3) is 0.632. The summed E-state index contributed by atoms with van der Waals surface area (Å²) in [6.45, 7) is 1.95. The zero-order chi connectivity index (χ0) is 16.7. The first-order valence-corrected chi connectivity index (χ1v) is 8.63. The number of hydrogen-bond acceptors (Lipinski definition) is 3. The Balaban J connectivity index is 0.00000208. The molecule has 2 fully saturated rings. The SMILES string of the molecule is C[N+]1(C)CC[C@H](C2([C@](O)(C(=O)[O-])c3ccccc3)CCCC2)C1.I. The number of nitrogens with zero attached hydrogens (tertiary/aromatic N) is 1. The molecule has 1 N–H and O–H groups in total. The molecule has 24 heavy (non-hydrogen) atoms. The average Bonchev–Trinajstić information content (AvgIpc) is 3.14. The molecule has 3 rings (SSSR count). The Kier molecular flexibility index (Phi) is 5.67. The molecular weight excluding hydrogens is 417 g/mol. The van der Waals surface area contributed by atoms with Crippen molar-refractivity contribution in [2.75, 3.05) is 27.2 Å². The van der Waals surface area contributed by atoms with Crippen molar-refractivity contribution in [2.24, 2.45) is 11.3 Å². The number of carbonyl (C=O) groups excluding carboxylic acids is 1. The molecule has 1 saturated heterocycles. The van der Waals surface area contributed by atoms with Crippen molar-refractivity contribution in [2.45, 2.75) is 37.7 Å². The molecule has 2 atom stereocenters. The largest absolute Gasteiger partial charge is 0.547 e. The van der Waals surface area contributed by atoms with Gasteiger partial charge in [-0.1, -0.05) is 43.2 Å². The minimum atomic E-state index is -1.90. The maximum atomic E-state index is 12.2. The number of halogens is 1. The van der Waals surface area contributed by atoms with E-state index in [1.807, 2.05) is 6.07 Å². The molecule has 0 unspecified atom stereocenters. The van der Waals surface area contributed by atoms with Crippen LogP contribution in [0, 0.1) is 11.3 Å². The average molecular weight is 445 g/mol. The van der Waals surface area contributed by atoms with Crippen molar-refractivity contribution in [3.8, 4) is 0 Å². The summed E-state index contributed by atoms with van der Waals surface area (Å²) in [7, 11) is 4.37. The molecule has 1 saturated carbocycles. The summed E-state index contributed by atoms with van der Waals surface area (Å²) in [5.41, 5.74) is -2.04. The lowest BCUT2D eigenvalue weighted by Crippen LogP contribution is -2.59.